The summed E-state index contributed by atoms with van der Waals surface area (Å²) in [6.45, 7) is 3.11. The van der Waals surface area contributed by atoms with Crippen molar-refractivity contribution >= 4 is 22.5 Å². The van der Waals surface area contributed by atoms with Crippen LogP contribution in [0.4, 0.5) is 10.1 Å². The number of nitrogens with one attached hydrogen (secondary N) is 1. The highest BCUT2D eigenvalue weighted by atomic mass is 19.1. The minimum atomic E-state index is -0.398. The highest BCUT2D eigenvalue weighted by Gasteiger charge is 2.16. The van der Waals surface area contributed by atoms with Crippen LogP contribution in [0.15, 0.2) is 57.8 Å². The minimum Gasteiger partial charge on any atom is -0.334 e. The van der Waals surface area contributed by atoms with Crippen molar-refractivity contribution in [2.24, 2.45) is 0 Å². The van der Waals surface area contributed by atoms with E-state index >= 15 is 0 Å². The lowest BCUT2D eigenvalue weighted by Crippen LogP contribution is -2.27. The fraction of sp³-hybridized carbons (Fsp3) is 0.143. The number of halogens is 1. The van der Waals surface area contributed by atoms with Gasteiger partial charge in [0.05, 0.1) is 11.1 Å². The highest BCUT2D eigenvalue weighted by Crippen LogP contribution is 2.26. The van der Waals surface area contributed by atoms with Gasteiger partial charge >= 0.3 is 0 Å². The number of para-hydroxylation sites is 1. The molecule has 146 valence electrons. The van der Waals surface area contributed by atoms with Crippen molar-refractivity contribution in [2.75, 3.05) is 5.32 Å². The number of benzene rings is 2. The SMILES string of the molecule is Cc1noc(-c2cc(=O)n(CC(=O)Nc3ccc(F)c(C)c3)c3ccccc23)n1. The number of carbonyl (C=O) groups is 1. The molecule has 2 heterocycles. The number of rotatable bonds is 4. The van der Waals surface area contributed by atoms with Gasteiger partial charge in [-0.15, -0.1) is 0 Å². The third-order valence-electron chi connectivity index (χ3n) is 4.52. The summed E-state index contributed by atoms with van der Waals surface area (Å²) in [6.07, 6.45) is 0. The Morgan fingerprint density at radius 1 is 1.17 bits per heavy atom. The largest absolute Gasteiger partial charge is 0.334 e. The van der Waals surface area contributed by atoms with Gasteiger partial charge in [0, 0.05) is 17.1 Å². The van der Waals surface area contributed by atoms with E-state index in [0.717, 1.165) is 0 Å². The van der Waals surface area contributed by atoms with Crippen LogP contribution >= 0.6 is 0 Å². The van der Waals surface area contributed by atoms with E-state index in [0.29, 0.717) is 33.5 Å². The number of amides is 1. The molecule has 0 aliphatic heterocycles. The molecule has 1 N–H and O–H groups in total. The smallest absolute Gasteiger partial charge is 0.258 e. The molecule has 0 aliphatic carbocycles. The molecular formula is C21H17FN4O3. The van der Waals surface area contributed by atoms with Gasteiger partial charge in [-0.1, -0.05) is 23.4 Å². The van der Waals surface area contributed by atoms with E-state index in [1.54, 1.807) is 26.0 Å². The Hall–Kier alpha value is -3.81. The van der Waals surface area contributed by atoms with Crippen LogP contribution in [-0.2, 0) is 11.3 Å². The fourth-order valence-corrected chi connectivity index (χ4v) is 3.15. The molecule has 0 unspecified atom stereocenters. The van der Waals surface area contributed by atoms with Gasteiger partial charge in [0.25, 0.3) is 11.4 Å². The predicted octanol–water partition coefficient (Wildman–Crippen LogP) is 3.45. The Kier molecular flexibility index (Phi) is 4.67. The second-order valence-electron chi connectivity index (χ2n) is 6.66. The molecular weight excluding hydrogens is 375 g/mol. The van der Waals surface area contributed by atoms with Crippen LogP contribution in [0.3, 0.4) is 0 Å². The average Bonchev–Trinajstić information content (AvgIpc) is 3.13. The quantitative estimate of drug-likeness (QED) is 0.575. The van der Waals surface area contributed by atoms with Gasteiger partial charge in [0.1, 0.15) is 12.4 Å². The number of nitrogens with zero attached hydrogens (tertiary/aromatic N) is 3. The maximum atomic E-state index is 13.4. The molecule has 0 aliphatic rings. The molecule has 4 rings (SSSR count). The predicted molar refractivity (Wildman–Crippen MR) is 106 cm³/mol. The molecule has 29 heavy (non-hydrogen) atoms. The fourth-order valence-electron chi connectivity index (χ4n) is 3.15. The zero-order chi connectivity index (χ0) is 20.5. The molecule has 2 aromatic carbocycles. The monoisotopic (exact) mass is 392 g/mol. The molecule has 0 spiro atoms. The van der Waals surface area contributed by atoms with Crippen LogP contribution in [0.2, 0.25) is 0 Å². The Morgan fingerprint density at radius 3 is 2.69 bits per heavy atom. The summed E-state index contributed by atoms with van der Waals surface area (Å²) in [6, 6.07) is 12.9. The normalized spacial score (nSPS) is 11.0. The second-order valence-corrected chi connectivity index (χ2v) is 6.66. The van der Waals surface area contributed by atoms with Gasteiger partial charge < -0.3 is 9.84 Å². The van der Waals surface area contributed by atoms with Crippen molar-refractivity contribution in [2.45, 2.75) is 20.4 Å². The third-order valence-corrected chi connectivity index (χ3v) is 4.52. The van der Waals surface area contributed by atoms with Gasteiger partial charge in [-0.3, -0.25) is 14.2 Å². The van der Waals surface area contributed by atoms with E-state index in [1.807, 2.05) is 12.1 Å². The first kappa shape index (κ1) is 18.5. The van der Waals surface area contributed by atoms with Crippen molar-refractivity contribution in [3.8, 4) is 11.5 Å². The highest BCUT2D eigenvalue weighted by molar-refractivity contribution is 5.95. The first-order chi connectivity index (χ1) is 13.9. The number of pyridine rings is 1. The molecule has 0 bridgehead atoms. The van der Waals surface area contributed by atoms with Gasteiger partial charge in [-0.2, -0.15) is 4.98 Å². The number of hydrogen-bond donors (Lipinski definition) is 1. The molecule has 0 radical (unpaired) electrons. The summed E-state index contributed by atoms with van der Waals surface area (Å²) in [5.74, 6) is -0.0434. The number of fused-ring (bicyclic) bond motifs is 1. The lowest BCUT2D eigenvalue weighted by atomic mass is 10.1. The number of aromatic nitrogens is 3. The van der Waals surface area contributed by atoms with Crippen LogP contribution in [0.25, 0.3) is 22.4 Å². The second kappa shape index (κ2) is 7.31. The molecule has 0 saturated heterocycles. The maximum absolute atomic E-state index is 13.4. The van der Waals surface area contributed by atoms with Crippen molar-refractivity contribution < 1.29 is 13.7 Å². The number of anilines is 1. The lowest BCUT2D eigenvalue weighted by Gasteiger charge is -2.12. The maximum Gasteiger partial charge on any atom is 0.258 e. The summed E-state index contributed by atoms with van der Waals surface area (Å²) < 4.78 is 20.0. The summed E-state index contributed by atoms with van der Waals surface area (Å²) in [5.41, 5.74) is 1.59. The zero-order valence-electron chi connectivity index (χ0n) is 15.8. The summed E-state index contributed by atoms with van der Waals surface area (Å²) in [5, 5.41) is 7.18. The van der Waals surface area contributed by atoms with E-state index in [9.17, 15) is 14.0 Å². The molecule has 1 amide bonds. The van der Waals surface area contributed by atoms with E-state index < -0.39 is 5.91 Å². The molecule has 2 aromatic heterocycles. The molecule has 8 heteroatoms. The van der Waals surface area contributed by atoms with Crippen molar-refractivity contribution in [1.82, 2.24) is 14.7 Å². The standard InChI is InChI=1S/C21H17FN4O3/c1-12-9-14(7-8-17(12)22)24-19(27)11-26-18-6-4-3-5-15(18)16(10-20(26)28)21-23-13(2)25-29-21/h3-10H,11H2,1-2H3,(H,24,27). The Labute approximate surface area is 164 Å². The van der Waals surface area contributed by atoms with Crippen LogP contribution in [0.1, 0.15) is 11.4 Å². The first-order valence-electron chi connectivity index (χ1n) is 8.91. The third kappa shape index (κ3) is 3.64. The molecule has 4 aromatic rings. The van der Waals surface area contributed by atoms with Crippen LogP contribution < -0.4 is 10.9 Å². The topological polar surface area (TPSA) is 90.0 Å². The van der Waals surface area contributed by atoms with E-state index in [-0.39, 0.29) is 23.8 Å². The van der Waals surface area contributed by atoms with E-state index in [2.05, 4.69) is 15.5 Å². The Morgan fingerprint density at radius 2 is 1.97 bits per heavy atom. The van der Waals surface area contributed by atoms with Gasteiger partial charge in [-0.25, -0.2) is 4.39 Å². The average molecular weight is 392 g/mol. The summed E-state index contributed by atoms with van der Waals surface area (Å²) >= 11 is 0. The molecule has 0 atom stereocenters. The van der Waals surface area contributed by atoms with Crippen molar-refractivity contribution in [3.63, 3.8) is 0 Å². The Bertz CT molecular complexity index is 1290. The van der Waals surface area contributed by atoms with E-state index in [4.69, 9.17) is 4.52 Å². The number of hydrogen-bond acceptors (Lipinski definition) is 5. The molecule has 0 saturated carbocycles. The molecule has 0 fully saturated rings. The Balaban J connectivity index is 1.71. The van der Waals surface area contributed by atoms with Crippen LogP contribution in [0, 0.1) is 19.7 Å². The van der Waals surface area contributed by atoms with Gasteiger partial charge in [0.15, 0.2) is 5.82 Å². The van der Waals surface area contributed by atoms with Gasteiger partial charge in [-0.05, 0) is 43.7 Å². The van der Waals surface area contributed by atoms with Crippen LogP contribution in [0.5, 0.6) is 0 Å². The lowest BCUT2D eigenvalue weighted by molar-refractivity contribution is -0.116. The first-order valence-corrected chi connectivity index (χ1v) is 8.91. The summed E-state index contributed by atoms with van der Waals surface area (Å²) in [7, 11) is 0. The number of carbonyl (C=O) groups excluding carboxylic acids is 1. The zero-order valence-corrected chi connectivity index (χ0v) is 15.8. The minimum absolute atomic E-state index is 0.196. The van der Waals surface area contributed by atoms with Crippen molar-refractivity contribution in [1.29, 1.82) is 0 Å². The van der Waals surface area contributed by atoms with Crippen molar-refractivity contribution in [3.05, 3.63) is 76.1 Å². The number of aryl methyl sites for hydroxylation is 2. The summed E-state index contributed by atoms with van der Waals surface area (Å²) in [4.78, 5) is 29.5. The molecule has 7 nitrogen and oxygen atoms in total. The van der Waals surface area contributed by atoms with Crippen LogP contribution in [-0.4, -0.2) is 20.6 Å². The van der Waals surface area contributed by atoms with E-state index in [1.165, 1.54) is 28.8 Å². The van der Waals surface area contributed by atoms with Gasteiger partial charge in [0.2, 0.25) is 5.91 Å².